The standard InChI is InChI=1S/C21H27N3O2/c1-15-18(16(2)26-22-15)14-24-11-9-21(10-12-24)19(13-20(25)23(21)3)17-7-5-4-6-8-17/h4-8,19H,9-14H2,1-3H3. The lowest BCUT2D eigenvalue weighted by Gasteiger charge is -2.47. The van der Waals surface area contributed by atoms with Crippen LogP contribution in [0.25, 0.3) is 0 Å². The van der Waals surface area contributed by atoms with E-state index in [9.17, 15) is 4.79 Å². The van der Waals surface area contributed by atoms with Gasteiger partial charge in [0.1, 0.15) is 5.76 Å². The summed E-state index contributed by atoms with van der Waals surface area (Å²) in [4.78, 5) is 17.1. The number of likely N-dealkylation sites (N-methyl/N-ethyl adjacent to an activating group) is 1. The monoisotopic (exact) mass is 353 g/mol. The summed E-state index contributed by atoms with van der Waals surface area (Å²) in [6.45, 7) is 6.85. The zero-order valence-corrected chi connectivity index (χ0v) is 15.9. The molecule has 2 aliphatic heterocycles. The smallest absolute Gasteiger partial charge is 0.223 e. The maximum Gasteiger partial charge on any atom is 0.223 e. The molecule has 1 aromatic carbocycles. The number of amides is 1. The Hall–Kier alpha value is -2.14. The number of nitrogens with zero attached hydrogens (tertiary/aromatic N) is 3. The third kappa shape index (κ3) is 2.75. The first kappa shape index (κ1) is 17.3. The van der Waals surface area contributed by atoms with Crippen molar-refractivity contribution in [1.29, 1.82) is 0 Å². The van der Waals surface area contributed by atoms with E-state index in [0.717, 1.165) is 43.9 Å². The number of aromatic nitrogens is 1. The number of hydrogen-bond donors (Lipinski definition) is 0. The molecule has 3 heterocycles. The number of likely N-dealkylation sites (tertiary alicyclic amines) is 2. The van der Waals surface area contributed by atoms with Gasteiger partial charge in [-0.15, -0.1) is 0 Å². The third-order valence-corrected chi connectivity index (χ3v) is 6.56. The van der Waals surface area contributed by atoms with E-state index in [1.54, 1.807) is 0 Å². The van der Waals surface area contributed by atoms with Crippen LogP contribution in [0.1, 0.15) is 47.8 Å². The van der Waals surface area contributed by atoms with Gasteiger partial charge in [-0.2, -0.15) is 0 Å². The highest BCUT2D eigenvalue weighted by Crippen LogP contribution is 2.48. The summed E-state index contributed by atoms with van der Waals surface area (Å²) in [7, 11) is 2.00. The predicted octanol–water partition coefficient (Wildman–Crippen LogP) is 3.27. The Bertz CT molecular complexity index is 771. The average Bonchev–Trinajstić information content (AvgIpc) is 3.10. The van der Waals surface area contributed by atoms with Crippen LogP contribution in [0.5, 0.6) is 0 Å². The fourth-order valence-electron chi connectivity index (χ4n) is 4.83. The van der Waals surface area contributed by atoms with Crippen LogP contribution in [0.4, 0.5) is 0 Å². The van der Waals surface area contributed by atoms with Crippen molar-refractivity contribution in [2.75, 3.05) is 20.1 Å². The number of hydrogen-bond acceptors (Lipinski definition) is 4. The fourth-order valence-corrected chi connectivity index (χ4v) is 4.83. The van der Waals surface area contributed by atoms with Gasteiger partial charge in [0.25, 0.3) is 0 Å². The van der Waals surface area contributed by atoms with Crippen LogP contribution in [-0.4, -0.2) is 46.5 Å². The summed E-state index contributed by atoms with van der Waals surface area (Å²) in [6, 6.07) is 10.6. The Kier molecular flexibility index (Phi) is 4.35. The molecule has 0 aliphatic carbocycles. The SMILES string of the molecule is Cc1noc(C)c1CN1CCC2(CC1)C(c1ccccc1)CC(=O)N2C. The van der Waals surface area contributed by atoms with E-state index < -0.39 is 0 Å². The lowest BCUT2D eigenvalue weighted by molar-refractivity contribution is -0.130. The summed E-state index contributed by atoms with van der Waals surface area (Å²) in [5.41, 5.74) is 3.44. The van der Waals surface area contributed by atoms with Crippen molar-refractivity contribution in [2.45, 2.75) is 51.1 Å². The Morgan fingerprint density at radius 2 is 1.88 bits per heavy atom. The Labute approximate surface area is 155 Å². The first-order chi connectivity index (χ1) is 12.5. The summed E-state index contributed by atoms with van der Waals surface area (Å²) >= 11 is 0. The molecule has 1 aromatic heterocycles. The van der Waals surface area contributed by atoms with Gasteiger partial charge in [0, 0.05) is 44.6 Å². The topological polar surface area (TPSA) is 49.6 Å². The first-order valence-electron chi connectivity index (χ1n) is 9.47. The molecule has 2 saturated heterocycles. The number of carbonyl (C=O) groups is 1. The van der Waals surface area contributed by atoms with Gasteiger partial charge in [0.15, 0.2) is 0 Å². The molecule has 0 bridgehead atoms. The molecule has 5 nitrogen and oxygen atoms in total. The molecule has 5 heteroatoms. The highest BCUT2D eigenvalue weighted by molar-refractivity contribution is 5.81. The zero-order valence-electron chi connectivity index (χ0n) is 15.9. The maximum absolute atomic E-state index is 12.6. The van der Waals surface area contributed by atoms with Crippen molar-refractivity contribution in [1.82, 2.24) is 15.0 Å². The van der Waals surface area contributed by atoms with Crippen molar-refractivity contribution in [2.24, 2.45) is 0 Å². The molecule has 0 N–H and O–H groups in total. The molecule has 138 valence electrons. The quantitative estimate of drug-likeness (QED) is 0.850. The molecule has 1 spiro atoms. The molecule has 2 aromatic rings. The third-order valence-electron chi connectivity index (χ3n) is 6.56. The van der Waals surface area contributed by atoms with Gasteiger partial charge in [0.05, 0.1) is 11.2 Å². The molecule has 1 amide bonds. The molecule has 0 radical (unpaired) electrons. The minimum Gasteiger partial charge on any atom is -0.361 e. The van der Waals surface area contributed by atoms with Gasteiger partial charge >= 0.3 is 0 Å². The Morgan fingerprint density at radius 1 is 1.19 bits per heavy atom. The predicted molar refractivity (Wildman–Crippen MR) is 99.8 cm³/mol. The van der Waals surface area contributed by atoms with E-state index in [0.29, 0.717) is 12.3 Å². The van der Waals surface area contributed by atoms with E-state index in [2.05, 4.69) is 34.3 Å². The molecular formula is C21H27N3O2. The minimum absolute atomic E-state index is 0.0479. The van der Waals surface area contributed by atoms with Crippen molar-refractivity contribution < 1.29 is 9.32 Å². The number of aryl methyl sites for hydroxylation is 2. The molecule has 4 rings (SSSR count). The van der Waals surface area contributed by atoms with Crippen molar-refractivity contribution in [3.8, 4) is 0 Å². The lowest BCUT2D eigenvalue weighted by Crippen LogP contribution is -2.53. The van der Waals surface area contributed by atoms with E-state index in [1.165, 1.54) is 11.1 Å². The molecule has 26 heavy (non-hydrogen) atoms. The molecule has 0 saturated carbocycles. The van der Waals surface area contributed by atoms with Crippen molar-refractivity contribution in [3.63, 3.8) is 0 Å². The fraction of sp³-hybridized carbons (Fsp3) is 0.524. The largest absolute Gasteiger partial charge is 0.361 e. The van der Waals surface area contributed by atoms with E-state index in [4.69, 9.17) is 4.52 Å². The van der Waals surface area contributed by atoms with Gasteiger partial charge in [-0.25, -0.2) is 0 Å². The van der Waals surface area contributed by atoms with E-state index in [1.807, 2.05) is 31.9 Å². The van der Waals surface area contributed by atoms with Crippen LogP contribution < -0.4 is 0 Å². The minimum atomic E-state index is -0.0479. The van der Waals surface area contributed by atoms with Crippen LogP contribution in [-0.2, 0) is 11.3 Å². The number of rotatable bonds is 3. The van der Waals surface area contributed by atoms with Crippen molar-refractivity contribution in [3.05, 3.63) is 52.9 Å². The van der Waals surface area contributed by atoms with Crippen molar-refractivity contribution >= 4 is 5.91 Å². The van der Waals surface area contributed by atoms with Crippen LogP contribution in [0.3, 0.4) is 0 Å². The average molecular weight is 353 g/mol. The van der Waals surface area contributed by atoms with Gasteiger partial charge in [-0.05, 0) is 32.3 Å². The van der Waals surface area contributed by atoms with Crippen LogP contribution in [0.15, 0.2) is 34.9 Å². The molecule has 2 fully saturated rings. The van der Waals surface area contributed by atoms with Crippen LogP contribution >= 0.6 is 0 Å². The molecule has 1 atom stereocenters. The van der Waals surface area contributed by atoms with E-state index in [-0.39, 0.29) is 11.4 Å². The summed E-state index contributed by atoms with van der Waals surface area (Å²) in [5, 5.41) is 4.07. The number of carbonyl (C=O) groups excluding carboxylic acids is 1. The Balaban J connectivity index is 1.53. The zero-order chi connectivity index (χ0) is 18.3. The summed E-state index contributed by atoms with van der Waals surface area (Å²) < 4.78 is 5.31. The normalized spacial score (nSPS) is 23.1. The lowest BCUT2D eigenvalue weighted by atomic mass is 9.73. The van der Waals surface area contributed by atoms with Crippen LogP contribution in [0.2, 0.25) is 0 Å². The second-order valence-corrected chi connectivity index (χ2v) is 7.80. The summed E-state index contributed by atoms with van der Waals surface area (Å²) in [5.74, 6) is 1.48. The van der Waals surface area contributed by atoms with Gasteiger partial charge in [-0.1, -0.05) is 35.5 Å². The summed E-state index contributed by atoms with van der Waals surface area (Å²) in [6.07, 6.45) is 2.65. The highest BCUT2D eigenvalue weighted by Gasteiger charge is 2.52. The maximum atomic E-state index is 12.6. The second kappa shape index (κ2) is 6.54. The van der Waals surface area contributed by atoms with Gasteiger partial charge in [0.2, 0.25) is 5.91 Å². The van der Waals surface area contributed by atoms with Gasteiger partial charge in [-0.3, -0.25) is 9.69 Å². The van der Waals surface area contributed by atoms with Gasteiger partial charge < -0.3 is 9.42 Å². The number of piperidine rings is 1. The highest BCUT2D eigenvalue weighted by atomic mass is 16.5. The number of benzene rings is 1. The molecular weight excluding hydrogens is 326 g/mol. The molecule has 1 unspecified atom stereocenters. The Morgan fingerprint density at radius 3 is 2.50 bits per heavy atom. The first-order valence-corrected chi connectivity index (χ1v) is 9.47. The molecule has 2 aliphatic rings. The van der Waals surface area contributed by atoms with E-state index >= 15 is 0 Å². The second-order valence-electron chi connectivity index (χ2n) is 7.80. The van der Waals surface area contributed by atoms with Crippen LogP contribution in [0, 0.1) is 13.8 Å².